The number of nitro benzene ring substituents is 1. The van der Waals surface area contributed by atoms with Gasteiger partial charge in [0.25, 0.3) is 11.6 Å². The molecule has 2 N–H and O–H groups in total. The van der Waals surface area contributed by atoms with E-state index in [9.17, 15) is 19.7 Å². The van der Waals surface area contributed by atoms with E-state index in [1.165, 1.54) is 43.5 Å². The van der Waals surface area contributed by atoms with Gasteiger partial charge in [0.05, 0.1) is 4.92 Å². The van der Waals surface area contributed by atoms with Gasteiger partial charge in [-0.1, -0.05) is 12.5 Å². The first-order valence-electron chi connectivity index (χ1n) is 7.86. The summed E-state index contributed by atoms with van der Waals surface area (Å²) in [5.74, 6) is 1.08. The highest BCUT2D eigenvalue weighted by atomic mass is 16.6. The maximum Gasteiger partial charge on any atom is 0.270 e. The zero-order valence-corrected chi connectivity index (χ0v) is 12.7. The van der Waals surface area contributed by atoms with Crippen LogP contribution in [0.15, 0.2) is 24.3 Å². The van der Waals surface area contributed by atoms with Crippen molar-refractivity contribution in [2.75, 3.05) is 0 Å². The van der Waals surface area contributed by atoms with Crippen molar-refractivity contribution < 1.29 is 14.5 Å². The summed E-state index contributed by atoms with van der Waals surface area (Å²) in [7, 11) is 0. The second kappa shape index (κ2) is 6.36. The molecule has 0 aliphatic heterocycles. The van der Waals surface area contributed by atoms with Gasteiger partial charge in [-0.3, -0.25) is 30.6 Å². The van der Waals surface area contributed by atoms with Crippen LogP contribution in [0, 0.1) is 27.9 Å². The summed E-state index contributed by atoms with van der Waals surface area (Å²) in [6.07, 6.45) is 5.26. The first-order chi connectivity index (χ1) is 11.0. The van der Waals surface area contributed by atoms with Crippen molar-refractivity contribution in [1.82, 2.24) is 10.9 Å². The maximum absolute atomic E-state index is 12.0. The predicted molar refractivity (Wildman–Crippen MR) is 82.3 cm³/mol. The highest BCUT2D eigenvalue weighted by Gasteiger charge is 2.40. The Bertz CT molecular complexity index is 646. The van der Waals surface area contributed by atoms with Crippen molar-refractivity contribution in [2.45, 2.75) is 32.1 Å². The number of fused-ring (bicyclic) bond motifs is 2. The Balaban J connectivity index is 1.49. The summed E-state index contributed by atoms with van der Waals surface area (Å²) in [5, 5.41) is 10.7. The number of nitro groups is 1. The summed E-state index contributed by atoms with van der Waals surface area (Å²) in [6, 6.07) is 5.39. The third kappa shape index (κ3) is 3.49. The number of hydrogen-bond acceptors (Lipinski definition) is 4. The Morgan fingerprint density at radius 3 is 2.70 bits per heavy atom. The monoisotopic (exact) mass is 317 g/mol. The fraction of sp³-hybridized carbons (Fsp3) is 0.500. The number of hydrogen-bond donors (Lipinski definition) is 2. The SMILES string of the molecule is O=C(CC1CC2CCC1C2)NNC(=O)c1cccc([N+](=O)[O-])c1. The summed E-state index contributed by atoms with van der Waals surface area (Å²) in [6.45, 7) is 0. The molecule has 3 unspecified atom stereocenters. The zero-order valence-electron chi connectivity index (χ0n) is 12.7. The number of rotatable bonds is 4. The number of non-ortho nitro benzene ring substituents is 1. The lowest BCUT2D eigenvalue weighted by molar-refractivity contribution is -0.384. The van der Waals surface area contributed by atoms with Crippen molar-refractivity contribution in [1.29, 1.82) is 0 Å². The van der Waals surface area contributed by atoms with Gasteiger partial charge in [0, 0.05) is 24.1 Å². The van der Waals surface area contributed by atoms with Crippen LogP contribution in [0.25, 0.3) is 0 Å². The van der Waals surface area contributed by atoms with E-state index in [-0.39, 0.29) is 17.2 Å². The van der Waals surface area contributed by atoms with E-state index in [1.807, 2.05) is 0 Å². The molecule has 2 fully saturated rings. The number of carbonyl (C=O) groups excluding carboxylic acids is 2. The lowest BCUT2D eigenvalue weighted by Crippen LogP contribution is -2.42. The van der Waals surface area contributed by atoms with Crippen LogP contribution in [-0.4, -0.2) is 16.7 Å². The van der Waals surface area contributed by atoms with E-state index in [0.29, 0.717) is 18.3 Å². The highest BCUT2D eigenvalue weighted by Crippen LogP contribution is 2.49. The molecular formula is C16H19N3O4. The lowest BCUT2D eigenvalue weighted by atomic mass is 9.86. The quantitative estimate of drug-likeness (QED) is 0.656. The van der Waals surface area contributed by atoms with Crippen LogP contribution in [0.2, 0.25) is 0 Å². The Morgan fingerprint density at radius 2 is 2.04 bits per heavy atom. The summed E-state index contributed by atoms with van der Waals surface area (Å²) in [4.78, 5) is 34.0. The molecule has 2 saturated carbocycles. The van der Waals surface area contributed by atoms with E-state index in [2.05, 4.69) is 10.9 Å². The molecule has 2 aliphatic rings. The van der Waals surface area contributed by atoms with Gasteiger partial charge in [-0.2, -0.15) is 0 Å². The van der Waals surface area contributed by atoms with Crippen LogP contribution in [0.1, 0.15) is 42.5 Å². The van der Waals surface area contributed by atoms with Gasteiger partial charge < -0.3 is 0 Å². The van der Waals surface area contributed by atoms with Gasteiger partial charge >= 0.3 is 0 Å². The van der Waals surface area contributed by atoms with E-state index < -0.39 is 10.8 Å². The van der Waals surface area contributed by atoms with Crippen LogP contribution in [-0.2, 0) is 4.79 Å². The molecule has 0 aromatic heterocycles. The summed E-state index contributed by atoms with van der Waals surface area (Å²) in [5.41, 5.74) is 4.71. The second-order valence-corrected chi connectivity index (χ2v) is 6.45. The van der Waals surface area contributed by atoms with Crippen molar-refractivity contribution in [3.8, 4) is 0 Å². The smallest absolute Gasteiger partial charge is 0.270 e. The molecule has 1 aromatic rings. The topological polar surface area (TPSA) is 101 Å². The Hall–Kier alpha value is -2.44. The van der Waals surface area contributed by atoms with Gasteiger partial charge in [-0.05, 0) is 43.1 Å². The summed E-state index contributed by atoms with van der Waals surface area (Å²) >= 11 is 0. The van der Waals surface area contributed by atoms with Crippen molar-refractivity contribution in [3.05, 3.63) is 39.9 Å². The number of carbonyl (C=O) groups is 2. The average molecular weight is 317 g/mol. The third-order valence-corrected chi connectivity index (χ3v) is 4.97. The number of nitrogens with one attached hydrogen (secondary N) is 2. The minimum atomic E-state index is -0.565. The van der Waals surface area contributed by atoms with E-state index in [1.54, 1.807) is 0 Å². The summed E-state index contributed by atoms with van der Waals surface area (Å²) < 4.78 is 0. The molecule has 2 bridgehead atoms. The van der Waals surface area contributed by atoms with Gasteiger partial charge in [0.1, 0.15) is 0 Å². The van der Waals surface area contributed by atoms with Crippen LogP contribution in [0.4, 0.5) is 5.69 Å². The standard InChI is InChI=1S/C16H19N3O4/c20-15(9-13-7-10-4-5-11(13)6-10)17-18-16(21)12-2-1-3-14(8-12)19(22)23/h1-3,8,10-11,13H,4-7,9H2,(H,17,20)(H,18,21). The molecule has 2 aliphatic carbocycles. The molecule has 2 amide bonds. The molecule has 0 radical (unpaired) electrons. The number of nitrogens with zero attached hydrogens (tertiary/aromatic N) is 1. The number of amides is 2. The first-order valence-corrected chi connectivity index (χ1v) is 7.86. The molecule has 1 aromatic carbocycles. The minimum Gasteiger partial charge on any atom is -0.273 e. The normalized spacial score (nSPS) is 25.1. The maximum atomic E-state index is 12.0. The first kappa shape index (κ1) is 15.5. The fourth-order valence-corrected chi connectivity index (χ4v) is 3.87. The molecule has 23 heavy (non-hydrogen) atoms. The van der Waals surface area contributed by atoms with E-state index in [4.69, 9.17) is 0 Å². The van der Waals surface area contributed by atoms with Crippen molar-refractivity contribution >= 4 is 17.5 Å². The molecule has 0 heterocycles. The van der Waals surface area contributed by atoms with Crippen LogP contribution in [0.5, 0.6) is 0 Å². The molecule has 3 rings (SSSR count). The van der Waals surface area contributed by atoms with Gasteiger partial charge in [0.15, 0.2) is 0 Å². The molecule has 0 saturated heterocycles. The van der Waals surface area contributed by atoms with Crippen LogP contribution in [0.3, 0.4) is 0 Å². The minimum absolute atomic E-state index is 0.138. The molecule has 3 atom stereocenters. The van der Waals surface area contributed by atoms with Crippen molar-refractivity contribution in [3.63, 3.8) is 0 Å². The van der Waals surface area contributed by atoms with Gasteiger partial charge in [-0.25, -0.2) is 0 Å². The average Bonchev–Trinajstić information content (AvgIpc) is 3.15. The molecule has 122 valence electrons. The largest absolute Gasteiger partial charge is 0.273 e. The molecule has 7 nitrogen and oxygen atoms in total. The Morgan fingerprint density at radius 1 is 1.22 bits per heavy atom. The third-order valence-electron chi connectivity index (χ3n) is 4.97. The molecule has 0 spiro atoms. The van der Waals surface area contributed by atoms with Crippen LogP contribution < -0.4 is 10.9 Å². The number of hydrazine groups is 1. The fourth-order valence-electron chi connectivity index (χ4n) is 3.87. The van der Waals surface area contributed by atoms with Gasteiger partial charge in [0.2, 0.25) is 5.91 Å². The van der Waals surface area contributed by atoms with Crippen LogP contribution >= 0.6 is 0 Å². The van der Waals surface area contributed by atoms with Gasteiger partial charge in [-0.15, -0.1) is 0 Å². The lowest BCUT2D eigenvalue weighted by Gasteiger charge is -2.20. The Kier molecular flexibility index (Phi) is 4.27. The number of benzene rings is 1. The molecular weight excluding hydrogens is 298 g/mol. The second-order valence-electron chi connectivity index (χ2n) is 6.45. The zero-order chi connectivity index (χ0) is 16.4. The predicted octanol–water partition coefficient (Wildman–Crippen LogP) is 2.18. The Labute approximate surface area is 133 Å². The van der Waals surface area contributed by atoms with E-state index in [0.717, 1.165) is 12.3 Å². The molecule has 7 heteroatoms. The highest BCUT2D eigenvalue weighted by molar-refractivity contribution is 5.95. The van der Waals surface area contributed by atoms with Crippen molar-refractivity contribution in [2.24, 2.45) is 17.8 Å². The van der Waals surface area contributed by atoms with E-state index >= 15 is 0 Å².